The summed E-state index contributed by atoms with van der Waals surface area (Å²) in [6, 6.07) is 17.9. The summed E-state index contributed by atoms with van der Waals surface area (Å²) in [5.74, 6) is -1.42. The Kier molecular flexibility index (Phi) is 3.80. The van der Waals surface area contributed by atoms with E-state index in [2.05, 4.69) is 5.10 Å². The molecule has 2 aromatic carbocycles. The van der Waals surface area contributed by atoms with Crippen LogP contribution in [0.25, 0.3) is 5.69 Å². The fraction of sp³-hybridized carbons (Fsp3) is 0.150. The summed E-state index contributed by atoms with van der Waals surface area (Å²) in [5, 5.41) is 3.02. The van der Waals surface area contributed by atoms with Crippen LogP contribution >= 0.6 is 0 Å². The maximum atomic E-state index is 12.9. The van der Waals surface area contributed by atoms with Crippen molar-refractivity contribution in [2.24, 2.45) is 0 Å². The highest BCUT2D eigenvalue weighted by Crippen LogP contribution is 2.33. The molecule has 1 atom stereocenters. The minimum atomic E-state index is -0.767. The molecule has 6 heteroatoms. The van der Waals surface area contributed by atoms with Gasteiger partial charge in [0.05, 0.1) is 22.9 Å². The molecule has 3 aromatic rings. The Morgan fingerprint density at radius 2 is 1.46 bits per heavy atom. The Morgan fingerprint density at radius 1 is 0.885 bits per heavy atom. The molecule has 0 saturated carbocycles. The summed E-state index contributed by atoms with van der Waals surface area (Å²) in [5.41, 5.74) is 1.87. The first-order valence-corrected chi connectivity index (χ1v) is 8.36. The van der Waals surface area contributed by atoms with Crippen molar-refractivity contribution in [2.75, 3.05) is 4.90 Å². The van der Waals surface area contributed by atoms with Crippen LogP contribution in [0.2, 0.25) is 0 Å². The highest BCUT2D eigenvalue weighted by Gasteiger charge is 2.43. The van der Waals surface area contributed by atoms with E-state index in [1.54, 1.807) is 43.3 Å². The lowest BCUT2D eigenvalue weighted by molar-refractivity contribution is -0.121. The van der Waals surface area contributed by atoms with E-state index in [1.165, 1.54) is 9.58 Å². The number of para-hydroxylation sites is 2. The van der Waals surface area contributed by atoms with Crippen LogP contribution in [-0.2, 0) is 9.59 Å². The van der Waals surface area contributed by atoms with Gasteiger partial charge in [-0.05, 0) is 31.2 Å². The summed E-state index contributed by atoms with van der Waals surface area (Å²) < 4.78 is 1.41. The first-order chi connectivity index (χ1) is 12.6. The number of hydrogen-bond acceptors (Lipinski definition) is 3. The Bertz CT molecular complexity index is 1040. The van der Waals surface area contributed by atoms with E-state index in [9.17, 15) is 14.4 Å². The number of carbonyl (C=O) groups is 2. The molecule has 6 nitrogen and oxygen atoms in total. The van der Waals surface area contributed by atoms with Gasteiger partial charge in [0.25, 0.3) is 5.56 Å². The first-order valence-electron chi connectivity index (χ1n) is 8.36. The van der Waals surface area contributed by atoms with E-state index in [-0.39, 0.29) is 23.8 Å². The van der Waals surface area contributed by atoms with Crippen molar-refractivity contribution < 1.29 is 9.59 Å². The van der Waals surface area contributed by atoms with Crippen LogP contribution in [0.4, 0.5) is 5.69 Å². The third-order valence-electron chi connectivity index (χ3n) is 4.64. The average molecular weight is 347 g/mol. The number of aromatic nitrogens is 2. The van der Waals surface area contributed by atoms with Crippen LogP contribution in [0.15, 0.2) is 65.5 Å². The number of imide groups is 1. The number of amides is 2. The van der Waals surface area contributed by atoms with Gasteiger partial charge >= 0.3 is 0 Å². The van der Waals surface area contributed by atoms with E-state index in [0.717, 1.165) is 0 Å². The van der Waals surface area contributed by atoms with E-state index < -0.39 is 5.92 Å². The molecule has 0 unspecified atom stereocenters. The Morgan fingerprint density at radius 3 is 2.08 bits per heavy atom. The fourth-order valence-corrected chi connectivity index (χ4v) is 3.43. The second kappa shape index (κ2) is 6.15. The first kappa shape index (κ1) is 16.1. The van der Waals surface area contributed by atoms with Gasteiger partial charge in [-0.2, -0.15) is 0 Å². The molecule has 1 N–H and O–H groups in total. The zero-order valence-corrected chi connectivity index (χ0v) is 14.2. The molecule has 2 amide bonds. The monoisotopic (exact) mass is 347 g/mol. The van der Waals surface area contributed by atoms with Gasteiger partial charge in [0.1, 0.15) is 0 Å². The normalized spacial score (nSPS) is 17.1. The smallest absolute Gasteiger partial charge is 0.275 e. The van der Waals surface area contributed by atoms with Crippen LogP contribution in [0, 0.1) is 6.92 Å². The fourth-order valence-electron chi connectivity index (χ4n) is 3.43. The highest BCUT2D eigenvalue weighted by molar-refractivity contribution is 6.22. The topological polar surface area (TPSA) is 75.2 Å². The number of carbonyl (C=O) groups excluding carboxylic acids is 2. The lowest BCUT2D eigenvalue weighted by Crippen LogP contribution is -2.31. The summed E-state index contributed by atoms with van der Waals surface area (Å²) in [7, 11) is 0. The van der Waals surface area contributed by atoms with Crippen molar-refractivity contribution in [2.45, 2.75) is 19.3 Å². The highest BCUT2D eigenvalue weighted by atomic mass is 16.2. The quantitative estimate of drug-likeness (QED) is 0.740. The van der Waals surface area contributed by atoms with Crippen LogP contribution < -0.4 is 10.5 Å². The van der Waals surface area contributed by atoms with E-state index in [0.29, 0.717) is 22.6 Å². The molecular formula is C20H17N3O3. The largest absolute Gasteiger partial charge is 0.295 e. The van der Waals surface area contributed by atoms with Gasteiger partial charge < -0.3 is 0 Å². The second-order valence-corrected chi connectivity index (χ2v) is 6.29. The standard InChI is InChI=1S/C20H17N3O3/c1-13-18(20(26)23(21-13)15-10-6-3-7-11-15)16-12-17(24)22(19(16)25)14-8-4-2-5-9-14/h2-11,16,21H,12H2,1H3/t16-/m1/s1. The predicted octanol–water partition coefficient (Wildman–Crippen LogP) is 2.52. The predicted molar refractivity (Wildman–Crippen MR) is 97.4 cm³/mol. The lowest BCUT2D eigenvalue weighted by atomic mass is 9.98. The molecule has 1 aliphatic heterocycles. The maximum absolute atomic E-state index is 12.9. The SMILES string of the molecule is Cc1[nH]n(-c2ccccc2)c(=O)c1[C@H]1CC(=O)N(c2ccccc2)C1=O. The molecule has 2 heterocycles. The molecular weight excluding hydrogens is 330 g/mol. The number of nitrogens with one attached hydrogen (secondary N) is 1. The van der Waals surface area contributed by atoms with Gasteiger partial charge in [-0.3, -0.25) is 24.4 Å². The molecule has 0 spiro atoms. The summed E-state index contributed by atoms with van der Waals surface area (Å²) in [6.45, 7) is 1.75. The van der Waals surface area contributed by atoms with Crippen LogP contribution in [0.3, 0.4) is 0 Å². The maximum Gasteiger partial charge on any atom is 0.275 e. The van der Waals surface area contributed by atoms with Crippen molar-refractivity contribution in [1.82, 2.24) is 9.78 Å². The van der Waals surface area contributed by atoms with Crippen LogP contribution in [-0.4, -0.2) is 21.6 Å². The Hall–Kier alpha value is -3.41. The van der Waals surface area contributed by atoms with Crippen LogP contribution in [0.5, 0.6) is 0 Å². The van der Waals surface area contributed by atoms with Gasteiger partial charge in [-0.25, -0.2) is 4.68 Å². The van der Waals surface area contributed by atoms with Gasteiger partial charge in [-0.15, -0.1) is 0 Å². The number of benzene rings is 2. The number of aromatic amines is 1. The van der Waals surface area contributed by atoms with Gasteiger partial charge in [0, 0.05) is 12.1 Å². The Balaban J connectivity index is 1.76. The molecule has 130 valence electrons. The average Bonchev–Trinajstić information content (AvgIpc) is 3.11. The van der Waals surface area contributed by atoms with Crippen molar-refractivity contribution >= 4 is 17.5 Å². The van der Waals surface area contributed by atoms with Gasteiger partial charge in [0.15, 0.2) is 0 Å². The molecule has 4 rings (SSSR count). The zero-order chi connectivity index (χ0) is 18.3. The van der Waals surface area contributed by atoms with Gasteiger partial charge in [0.2, 0.25) is 11.8 Å². The van der Waals surface area contributed by atoms with Crippen LogP contribution in [0.1, 0.15) is 23.6 Å². The number of hydrogen-bond donors (Lipinski definition) is 1. The Labute approximate surface area is 149 Å². The minimum absolute atomic E-state index is 0.00352. The third kappa shape index (κ3) is 2.47. The number of H-pyrrole nitrogens is 1. The number of anilines is 1. The summed E-state index contributed by atoms with van der Waals surface area (Å²) in [4.78, 5) is 39.5. The van der Waals surface area contributed by atoms with Crippen molar-refractivity contribution in [3.05, 3.63) is 82.3 Å². The molecule has 26 heavy (non-hydrogen) atoms. The molecule has 1 fully saturated rings. The van der Waals surface area contributed by atoms with Gasteiger partial charge in [-0.1, -0.05) is 36.4 Å². The number of aryl methyl sites for hydroxylation is 1. The molecule has 0 bridgehead atoms. The molecule has 1 aliphatic rings. The third-order valence-corrected chi connectivity index (χ3v) is 4.64. The number of rotatable bonds is 3. The number of nitrogens with zero attached hydrogens (tertiary/aromatic N) is 2. The van der Waals surface area contributed by atoms with Crippen molar-refractivity contribution in [3.63, 3.8) is 0 Å². The van der Waals surface area contributed by atoms with E-state index in [1.807, 2.05) is 24.3 Å². The zero-order valence-electron chi connectivity index (χ0n) is 14.2. The van der Waals surface area contributed by atoms with E-state index >= 15 is 0 Å². The molecule has 0 radical (unpaired) electrons. The van der Waals surface area contributed by atoms with Crippen molar-refractivity contribution in [3.8, 4) is 5.69 Å². The van der Waals surface area contributed by atoms with Crippen molar-refractivity contribution in [1.29, 1.82) is 0 Å². The summed E-state index contributed by atoms with van der Waals surface area (Å²) in [6.07, 6.45) is -0.00352. The lowest BCUT2D eigenvalue weighted by Gasteiger charge is -2.14. The molecule has 1 aromatic heterocycles. The summed E-state index contributed by atoms with van der Waals surface area (Å²) >= 11 is 0. The minimum Gasteiger partial charge on any atom is -0.295 e. The molecule has 1 saturated heterocycles. The second-order valence-electron chi connectivity index (χ2n) is 6.29. The van der Waals surface area contributed by atoms with E-state index in [4.69, 9.17) is 0 Å². The molecule has 0 aliphatic carbocycles.